The molecule has 1 aliphatic carbocycles. The average Bonchev–Trinajstić information content (AvgIpc) is 2.41. The summed E-state index contributed by atoms with van der Waals surface area (Å²) in [6.45, 7) is 3.94. The van der Waals surface area contributed by atoms with Crippen molar-refractivity contribution in [1.82, 2.24) is 0 Å². The number of benzene rings is 1. The summed E-state index contributed by atoms with van der Waals surface area (Å²) in [7, 11) is 0. The Morgan fingerprint density at radius 3 is 2.05 bits per heavy atom. The van der Waals surface area contributed by atoms with Gasteiger partial charge in [-0.3, -0.25) is 9.59 Å². The van der Waals surface area contributed by atoms with Gasteiger partial charge in [-0.2, -0.15) is 0 Å². The third-order valence-electron chi connectivity index (χ3n) is 3.98. The van der Waals surface area contributed by atoms with Crippen molar-refractivity contribution in [2.75, 3.05) is 0 Å². The van der Waals surface area contributed by atoms with Crippen molar-refractivity contribution in [2.24, 2.45) is 11.8 Å². The Labute approximate surface area is 113 Å². The van der Waals surface area contributed by atoms with Crippen LogP contribution in [0.5, 0.6) is 0 Å². The normalized spacial score (nSPS) is 23.3. The van der Waals surface area contributed by atoms with Gasteiger partial charge in [-0.25, -0.2) is 0 Å². The van der Waals surface area contributed by atoms with Gasteiger partial charge in [-0.1, -0.05) is 41.5 Å². The number of aliphatic carboxylic acids is 1. The molecule has 0 aromatic heterocycles. The van der Waals surface area contributed by atoms with E-state index < -0.39 is 17.8 Å². The van der Waals surface area contributed by atoms with Crippen LogP contribution in [0.25, 0.3) is 0 Å². The van der Waals surface area contributed by atoms with Gasteiger partial charge in [0.2, 0.25) is 0 Å². The first-order chi connectivity index (χ1) is 9.00. The topological polar surface area (TPSA) is 54.4 Å². The molecule has 0 heterocycles. The molecular formula is C16H18O3. The first kappa shape index (κ1) is 13.5. The van der Waals surface area contributed by atoms with Crippen molar-refractivity contribution in [1.29, 1.82) is 0 Å². The number of carbonyl (C=O) groups excluding carboxylic acids is 1. The first-order valence-corrected chi connectivity index (χ1v) is 6.48. The molecule has 1 aromatic carbocycles. The minimum atomic E-state index is -0.874. The van der Waals surface area contributed by atoms with Crippen LogP contribution in [-0.2, 0) is 4.79 Å². The molecule has 0 radical (unpaired) electrons. The smallest absolute Gasteiger partial charge is 0.307 e. The zero-order chi connectivity index (χ0) is 14.0. The monoisotopic (exact) mass is 258 g/mol. The maximum Gasteiger partial charge on any atom is 0.307 e. The molecule has 0 saturated heterocycles. The molecule has 1 aliphatic rings. The van der Waals surface area contributed by atoms with Gasteiger partial charge in [-0.05, 0) is 26.7 Å². The van der Waals surface area contributed by atoms with E-state index in [0.29, 0.717) is 18.4 Å². The van der Waals surface area contributed by atoms with Crippen molar-refractivity contribution >= 4 is 11.8 Å². The number of hydrogen-bond donors (Lipinski definition) is 1. The predicted octanol–water partition coefficient (Wildman–Crippen LogP) is 3.32. The molecule has 3 heteroatoms. The number of carbonyl (C=O) groups is 2. The summed E-state index contributed by atoms with van der Waals surface area (Å²) in [5, 5.41) is 9.33. The SMILES string of the molecule is CC1=C(C)C[C@@H](C(=O)O)[C@@H](C(=O)c2ccccc2)C1. The van der Waals surface area contributed by atoms with E-state index in [9.17, 15) is 14.7 Å². The molecule has 1 aromatic rings. The number of ketones is 1. The van der Waals surface area contributed by atoms with Gasteiger partial charge in [-0.15, -0.1) is 0 Å². The summed E-state index contributed by atoms with van der Waals surface area (Å²) < 4.78 is 0. The Bertz CT molecular complexity index is 528. The number of carboxylic acid groups (broad SMARTS) is 1. The lowest BCUT2D eigenvalue weighted by Gasteiger charge is -2.29. The minimum Gasteiger partial charge on any atom is -0.481 e. The summed E-state index contributed by atoms with van der Waals surface area (Å²) in [5.41, 5.74) is 2.85. The number of allylic oxidation sites excluding steroid dienone is 2. The van der Waals surface area contributed by atoms with Crippen LogP contribution in [-0.4, -0.2) is 16.9 Å². The van der Waals surface area contributed by atoms with E-state index >= 15 is 0 Å². The number of Topliss-reactive ketones (excluding diaryl/α,β-unsaturated/α-hetero) is 1. The fraction of sp³-hybridized carbons (Fsp3) is 0.375. The van der Waals surface area contributed by atoms with Crippen LogP contribution < -0.4 is 0 Å². The Morgan fingerprint density at radius 2 is 1.53 bits per heavy atom. The molecule has 100 valence electrons. The van der Waals surface area contributed by atoms with Crippen molar-refractivity contribution < 1.29 is 14.7 Å². The van der Waals surface area contributed by atoms with E-state index in [4.69, 9.17) is 0 Å². The summed E-state index contributed by atoms with van der Waals surface area (Å²) in [6, 6.07) is 8.96. The lowest BCUT2D eigenvalue weighted by molar-refractivity contribution is -0.143. The lowest BCUT2D eigenvalue weighted by atomic mass is 9.73. The first-order valence-electron chi connectivity index (χ1n) is 6.48. The molecule has 0 amide bonds. The Kier molecular flexibility index (Phi) is 3.84. The van der Waals surface area contributed by atoms with E-state index in [1.165, 1.54) is 0 Å². The fourth-order valence-electron chi connectivity index (χ4n) is 2.64. The quantitative estimate of drug-likeness (QED) is 0.668. The van der Waals surface area contributed by atoms with Gasteiger partial charge in [0.1, 0.15) is 0 Å². The molecule has 0 unspecified atom stereocenters. The molecule has 3 nitrogen and oxygen atoms in total. The zero-order valence-electron chi connectivity index (χ0n) is 11.2. The molecule has 2 rings (SSSR count). The zero-order valence-corrected chi connectivity index (χ0v) is 11.2. The van der Waals surface area contributed by atoms with Gasteiger partial charge >= 0.3 is 5.97 Å². The number of carboxylic acids is 1. The van der Waals surface area contributed by atoms with Gasteiger partial charge in [0.05, 0.1) is 5.92 Å². The summed E-state index contributed by atoms with van der Waals surface area (Å²) in [5.74, 6) is -1.97. The highest BCUT2D eigenvalue weighted by Gasteiger charge is 2.37. The predicted molar refractivity (Wildman–Crippen MR) is 73.0 cm³/mol. The Balaban J connectivity index is 2.31. The molecule has 19 heavy (non-hydrogen) atoms. The molecule has 0 fully saturated rings. The molecule has 0 saturated carbocycles. The molecule has 1 N–H and O–H groups in total. The van der Waals surface area contributed by atoms with Crippen molar-refractivity contribution in [3.8, 4) is 0 Å². The Morgan fingerprint density at radius 1 is 1.00 bits per heavy atom. The maximum absolute atomic E-state index is 12.5. The molecule has 0 bridgehead atoms. The van der Waals surface area contributed by atoms with E-state index in [1.807, 2.05) is 19.9 Å². The van der Waals surface area contributed by atoms with E-state index in [1.54, 1.807) is 24.3 Å². The highest BCUT2D eigenvalue weighted by atomic mass is 16.4. The second-order valence-corrected chi connectivity index (χ2v) is 5.25. The molecular weight excluding hydrogens is 240 g/mol. The van der Waals surface area contributed by atoms with E-state index in [-0.39, 0.29) is 5.78 Å². The van der Waals surface area contributed by atoms with Crippen LogP contribution in [0.2, 0.25) is 0 Å². The maximum atomic E-state index is 12.5. The molecule has 0 aliphatic heterocycles. The van der Waals surface area contributed by atoms with Crippen molar-refractivity contribution in [3.05, 3.63) is 47.0 Å². The lowest BCUT2D eigenvalue weighted by Crippen LogP contribution is -2.33. The van der Waals surface area contributed by atoms with Crippen molar-refractivity contribution in [2.45, 2.75) is 26.7 Å². The number of hydrogen-bond acceptors (Lipinski definition) is 2. The molecule has 2 atom stereocenters. The van der Waals surface area contributed by atoms with Gasteiger partial charge < -0.3 is 5.11 Å². The summed E-state index contributed by atoms with van der Waals surface area (Å²) in [4.78, 5) is 23.9. The largest absolute Gasteiger partial charge is 0.481 e. The third-order valence-corrected chi connectivity index (χ3v) is 3.98. The average molecular weight is 258 g/mol. The van der Waals surface area contributed by atoms with Crippen LogP contribution in [0.1, 0.15) is 37.0 Å². The van der Waals surface area contributed by atoms with Crippen LogP contribution in [0.4, 0.5) is 0 Å². The van der Waals surface area contributed by atoms with Crippen LogP contribution in [0.3, 0.4) is 0 Å². The van der Waals surface area contributed by atoms with Gasteiger partial charge in [0.25, 0.3) is 0 Å². The summed E-state index contributed by atoms with van der Waals surface area (Å²) in [6.07, 6.45) is 1.03. The second-order valence-electron chi connectivity index (χ2n) is 5.25. The third kappa shape index (κ3) is 2.75. The van der Waals surface area contributed by atoms with Crippen molar-refractivity contribution in [3.63, 3.8) is 0 Å². The minimum absolute atomic E-state index is 0.0557. The van der Waals surface area contributed by atoms with Gasteiger partial charge in [0, 0.05) is 11.5 Å². The Hall–Kier alpha value is -1.90. The van der Waals surface area contributed by atoms with Gasteiger partial charge in [0.15, 0.2) is 5.78 Å². The van der Waals surface area contributed by atoms with Crippen LogP contribution in [0.15, 0.2) is 41.5 Å². The second kappa shape index (κ2) is 5.39. The standard InChI is InChI=1S/C16H18O3/c1-10-8-13(14(16(18)19)9-11(10)2)15(17)12-6-4-3-5-7-12/h3-7,13-14H,8-9H2,1-2H3,(H,18,19)/t13-,14+/m0/s1. The highest BCUT2D eigenvalue weighted by Crippen LogP contribution is 2.36. The fourth-order valence-corrected chi connectivity index (χ4v) is 2.64. The van der Waals surface area contributed by atoms with Crippen LogP contribution >= 0.6 is 0 Å². The number of rotatable bonds is 3. The molecule has 0 spiro atoms. The highest BCUT2D eigenvalue weighted by molar-refractivity contribution is 6.00. The van der Waals surface area contributed by atoms with E-state index in [2.05, 4.69) is 0 Å². The van der Waals surface area contributed by atoms with E-state index in [0.717, 1.165) is 11.1 Å². The van der Waals surface area contributed by atoms with Crippen LogP contribution in [0, 0.1) is 11.8 Å². The summed E-state index contributed by atoms with van der Waals surface area (Å²) >= 11 is 0.